The molecule has 7 heteroatoms. The van der Waals surface area contributed by atoms with Crippen molar-refractivity contribution in [2.75, 3.05) is 18.4 Å². The number of anilines is 1. The summed E-state index contributed by atoms with van der Waals surface area (Å²) < 4.78 is 0. The Hall–Kier alpha value is -2.86. The number of H-pyrrole nitrogens is 1. The molecule has 162 valence electrons. The van der Waals surface area contributed by atoms with E-state index in [0.717, 1.165) is 36.5 Å². The highest BCUT2D eigenvalue weighted by Crippen LogP contribution is 2.29. The lowest BCUT2D eigenvalue weighted by molar-refractivity contribution is -0.134. The Morgan fingerprint density at radius 2 is 1.77 bits per heavy atom. The molecule has 1 aliphatic rings. The van der Waals surface area contributed by atoms with Gasteiger partial charge in [0.2, 0.25) is 11.9 Å². The lowest BCUT2D eigenvalue weighted by atomic mass is 9.89. The zero-order chi connectivity index (χ0) is 21.8. The van der Waals surface area contributed by atoms with Gasteiger partial charge in [0, 0.05) is 23.7 Å². The highest BCUT2D eigenvalue weighted by atomic mass is 35.5. The minimum absolute atomic E-state index is 0.107. The van der Waals surface area contributed by atoms with E-state index in [-0.39, 0.29) is 17.9 Å². The molecule has 0 spiro atoms. The van der Waals surface area contributed by atoms with E-state index in [1.807, 2.05) is 61.2 Å². The molecule has 2 aromatic carbocycles. The maximum Gasteiger partial charge on any atom is 0.245 e. The predicted octanol–water partition coefficient (Wildman–Crippen LogP) is 4.97. The SMILES string of the molecule is CC(C)[C@@H](Nc1n[nH]c(-c2ccccc2)n1)C(=O)N1CCC(c2ccc(Cl)cc2)CC1. The summed E-state index contributed by atoms with van der Waals surface area (Å²) in [6.07, 6.45) is 1.91. The standard InChI is InChI=1S/C24H28ClN5O/c1-16(2)21(26-24-27-22(28-29-24)19-6-4-3-5-7-19)23(31)30-14-12-18(13-15-30)17-8-10-20(25)11-9-17/h3-11,16,18,21H,12-15H2,1-2H3,(H2,26,27,28,29)/t21-/m1/s1. The number of aromatic amines is 1. The van der Waals surface area contributed by atoms with E-state index in [1.165, 1.54) is 5.56 Å². The highest BCUT2D eigenvalue weighted by Gasteiger charge is 2.31. The smallest absolute Gasteiger partial charge is 0.245 e. The molecule has 1 amide bonds. The van der Waals surface area contributed by atoms with Crippen LogP contribution in [0.5, 0.6) is 0 Å². The number of benzene rings is 2. The van der Waals surface area contributed by atoms with E-state index in [1.54, 1.807) is 0 Å². The third kappa shape index (κ3) is 5.07. The fourth-order valence-electron chi connectivity index (χ4n) is 4.07. The molecule has 6 nitrogen and oxygen atoms in total. The van der Waals surface area contributed by atoms with Crippen LogP contribution < -0.4 is 5.32 Å². The van der Waals surface area contributed by atoms with Crippen molar-refractivity contribution in [3.05, 3.63) is 65.2 Å². The fourth-order valence-corrected chi connectivity index (χ4v) is 4.19. The number of piperidine rings is 1. The molecule has 31 heavy (non-hydrogen) atoms. The first-order valence-corrected chi connectivity index (χ1v) is 11.2. The van der Waals surface area contributed by atoms with Gasteiger partial charge >= 0.3 is 0 Å². The van der Waals surface area contributed by atoms with Crippen molar-refractivity contribution >= 4 is 23.5 Å². The van der Waals surface area contributed by atoms with Gasteiger partial charge in [-0.2, -0.15) is 4.98 Å². The van der Waals surface area contributed by atoms with Crippen LogP contribution in [-0.4, -0.2) is 45.1 Å². The normalized spacial score (nSPS) is 15.8. The molecule has 1 aromatic heterocycles. The summed E-state index contributed by atoms with van der Waals surface area (Å²) in [5, 5.41) is 11.2. The van der Waals surface area contributed by atoms with Crippen LogP contribution in [0.15, 0.2) is 54.6 Å². The number of halogens is 1. The van der Waals surface area contributed by atoms with Gasteiger partial charge in [-0.25, -0.2) is 0 Å². The molecule has 2 heterocycles. The maximum absolute atomic E-state index is 13.3. The van der Waals surface area contributed by atoms with Gasteiger partial charge in [-0.3, -0.25) is 9.89 Å². The molecule has 1 fully saturated rings. The molecule has 0 bridgehead atoms. The summed E-state index contributed by atoms with van der Waals surface area (Å²) in [6, 6.07) is 17.5. The summed E-state index contributed by atoms with van der Waals surface area (Å²) >= 11 is 6.01. The summed E-state index contributed by atoms with van der Waals surface area (Å²) in [5.74, 6) is 1.81. The first kappa shape index (κ1) is 21.4. The molecular formula is C24H28ClN5O. The maximum atomic E-state index is 13.3. The monoisotopic (exact) mass is 437 g/mol. The number of nitrogens with one attached hydrogen (secondary N) is 2. The van der Waals surface area contributed by atoms with Crippen LogP contribution in [0.4, 0.5) is 5.95 Å². The van der Waals surface area contributed by atoms with E-state index in [9.17, 15) is 4.79 Å². The second-order valence-corrected chi connectivity index (χ2v) is 8.83. The average Bonchev–Trinajstić information content (AvgIpc) is 3.27. The highest BCUT2D eigenvalue weighted by molar-refractivity contribution is 6.30. The summed E-state index contributed by atoms with van der Waals surface area (Å²) in [4.78, 5) is 19.8. The Bertz CT molecular complexity index is 994. The van der Waals surface area contributed by atoms with E-state index in [2.05, 4.69) is 32.6 Å². The fraction of sp³-hybridized carbons (Fsp3) is 0.375. The minimum atomic E-state index is -0.369. The zero-order valence-electron chi connectivity index (χ0n) is 17.9. The number of likely N-dealkylation sites (tertiary alicyclic amines) is 1. The lowest BCUT2D eigenvalue weighted by Crippen LogP contribution is -2.48. The van der Waals surface area contributed by atoms with Crippen molar-refractivity contribution in [2.45, 2.75) is 38.6 Å². The number of amides is 1. The molecule has 0 aliphatic carbocycles. The summed E-state index contributed by atoms with van der Waals surface area (Å²) in [7, 11) is 0. The third-order valence-corrected chi connectivity index (χ3v) is 6.15. The van der Waals surface area contributed by atoms with Crippen LogP contribution in [0.2, 0.25) is 5.02 Å². The van der Waals surface area contributed by atoms with Gasteiger partial charge in [-0.15, -0.1) is 5.10 Å². The number of aromatic nitrogens is 3. The largest absolute Gasteiger partial charge is 0.341 e. The van der Waals surface area contributed by atoms with Gasteiger partial charge in [0.1, 0.15) is 6.04 Å². The molecule has 2 N–H and O–H groups in total. The number of hydrogen-bond donors (Lipinski definition) is 2. The Morgan fingerprint density at radius 1 is 1.10 bits per heavy atom. The Labute approximate surface area is 188 Å². The molecule has 0 saturated carbocycles. The van der Waals surface area contributed by atoms with Gasteiger partial charge in [-0.1, -0.05) is 67.9 Å². The molecular weight excluding hydrogens is 410 g/mol. The number of carbonyl (C=O) groups is 1. The minimum Gasteiger partial charge on any atom is -0.341 e. The van der Waals surface area contributed by atoms with Crippen molar-refractivity contribution in [1.29, 1.82) is 0 Å². The molecule has 1 aliphatic heterocycles. The van der Waals surface area contributed by atoms with Crippen LogP contribution in [0.3, 0.4) is 0 Å². The number of carbonyl (C=O) groups excluding carboxylic acids is 1. The molecule has 3 aromatic rings. The summed E-state index contributed by atoms with van der Waals surface area (Å²) in [5.41, 5.74) is 2.25. The average molecular weight is 438 g/mol. The van der Waals surface area contributed by atoms with Crippen molar-refractivity contribution in [1.82, 2.24) is 20.1 Å². The van der Waals surface area contributed by atoms with E-state index >= 15 is 0 Å². The Kier molecular flexibility index (Phi) is 6.56. The number of hydrogen-bond acceptors (Lipinski definition) is 4. The molecule has 0 radical (unpaired) electrons. The predicted molar refractivity (Wildman–Crippen MR) is 124 cm³/mol. The van der Waals surface area contributed by atoms with E-state index in [0.29, 0.717) is 17.7 Å². The van der Waals surface area contributed by atoms with Crippen molar-refractivity contribution < 1.29 is 4.79 Å². The molecule has 1 atom stereocenters. The number of rotatable bonds is 6. The molecule has 1 saturated heterocycles. The van der Waals surface area contributed by atoms with Crippen LogP contribution in [0, 0.1) is 5.92 Å². The first-order chi connectivity index (χ1) is 15.0. The van der Waals surface area contributed by atoms with Gasteiger partial charge in [0.05, 0.1) is 0 Å². The topological polar surface area (TPSA) is 73.9 Å². The summed E-state index contributed by atoms with van der Waals surface area (Å²) in [6.45, 7) is 5.59. The van der Waals surface area contributed by atoms with Gasteiger partial charge in [0.25, 0.3) is 0 Å². The van der Waals surface area contributed by atoms with Crippen LogP contribution in [0.1, 0.15) is 38.2 Å². The van der Waals surface area contributed by atoms with Crippen molar-refractivity contribution in [3.63, 3.8) is 0 Å². The van der Waals surface area contributed by atoms with Crippen molar-refractivity contribution in [3.8, 4) is 11.4 Å². The second kappa shape index (κ2) is 9.52. The lowest BCUT2D eigenvalue weighted by Gasteiger charge is -2.35. The van der Waals surface area contributed by atoms with Crippen LogP contribution >= 0.6 is 11.6 Å². The van der Waals surface area contributed by atoms with Gasteiger partial charge < -0.3 is 10.2 Å². The number of nitrogens with zero attached hydrogens (tertiary/aromatic N) is 3. The third-order valence-electron chi connectivity index (χ3n) is 5.90. The second-order valence-electron chi connectivity index (χ2n) is 8.39. The Balaban J connectivity index is 1.39. The van der Waals surface area contributed by atoms with Gasteiger partial charge in [-0.05, 0) is 42.4 Å². The van der Waals surface area contributed by atoms with Crippen LogP contribution in [0.25, 0.3) is 11.4 Å². The molecule has 0 unspecified atom stereocenters. The van der Waals surface area contributed by atoms with Crippen molar-refractivity contribution in [2.24, 2.45) is 5.92 Å². The zero-order valence-corrected chi connectivity index (χ0v) is 18.6. The first-order valence-electron chi connectivity index (χ1n) is 10.8. The van der Waals surface area contributed by atoms with E-state index < -0.39 is 0 Å². The molecule has 4 rings (SSSR count). The van der Waals surface area contributed by atoms with E-state index in [4.69, 9.17) is 11.6 Å². The van der Waals surface area contributed by atoms with Crippen LogP contribution in [-0.2, 0) is 4.79 Å². The Morgan fingerprint density at radius 3 is 2.42 bits per heavy atom. The van der Waals surface area contributed by atoms with Gasteiger partial charge in [0.15, 0.2) is 5.82 Å². The quantitative estimate of drug-likeness (QED) is 0.571.